The average molecular weight is 334 g/mol. The minimum atomic E-state index is -0.459. The molecule has 4 rings (SSSR count). The normalized spacial score (nSPS) is 13.5. The first-order valence-electron chi connectivity index (χ1n) is 8.04. The number of aromatic amines is 1. The van der Waals surface area contributed by atoms with Crippen molar-refractivity contribution in [2.75, 3.05) is 5.73 Å². The molecule has 0 amide bonds. The van der Waals surface area contributed by atoms with Gasteiger partial charge in [0.15, 0.2) is 5.78 Å². The summed E-state index contributed by atoms with van der Waals surface area (Å²) < 4.78 is 14.1. The Balaban J connectivity index is 1.68. The van der Waals surface area contributed by atoms with E-state index < -0.39 is 5.82 Å². The Labute approximate surface area is 143 Å². The molecule has 3 aromatic rings. The van der Waals surface area contributed by atoms with E-state index in [-0.39, 0.29) is 11.3 Å². The largest absolute Gasteiger partial charge is 0.383 e. The predicted molar refractivity (Wildman–Crippen MR) is 92.4 cm³/mol. The highest BCUT2D eigenvalue weighted by atomic mass is 19.1. The van der Waals surface area contributed by atoms with E-state index >= 15 is 0 Å². The number of H-pyrrole nitrogens is 1. The number of carbonyl (C=O) groups excluding carboxylic acids is 1. The molecule has 2 aromatic heterocycles. The van der Waals surface area contributed by atoms with Gasteiger partial charge in [0.05, 0.1) is 16.5 Å². The summed E-state index contributed by atoms with van der Waals surface area (Å²) in [5.41, 5.74) is 7.70. The lowest BCUT2D eigenvalue weighted by atomic mass is 10.0. The van der Waals surface area contributed by atoms with Gasteiger partial charge >= 0.3 is 0 Å². The molecule has 5 nitrogen and oxygen atoms in total. The lowest BCUT2D eigenvalue weighted by molar-refractivity contribution is 0.0976. The Kier molecular flexibility index (Phi) is 3.69. The molecule has 2 heterocycles. The quantitative estimate of drug-likeness (QED) is 0.569. The van der Waals surface area contributed by atoms with Crippen LogP contribution in [0.2, 0.25) is 0 Å². The van der Waals surface area contributed by atoms with Gasteiger partial charge in [0.1, 0.15) is 23.6 Å². The fraction of sp³-hybridized carbons (Fsp3) is 0.211. The van der Waals surface area contributed by atoms with Crippen molar-refractivity contribution >= 4 is 22.6 Å². The highest BCUT2D eigenvalue weighted by Crippen LogP contribution is 2.33. The number of anilines is 1. The summed E-state index contributed by atoms with van der Waals surface area (Å²) in [4.78, 5) is 23.2. The average Bonchev–Trinajstić information content (AvgIpc) is 3.31. The first kappa shape index (κ1) is 15.3. The Morgan fingerprint density at radius 3 is 2.88 bits per heavy atom. The number of benzene rings is 1. The highest BCUT2D eigenvalue weighted by molar-refractivity contribution is 5.96. The molecule has 0 bridgehead atoms. The minimum Gasteiger partial charge on any atom is -0.383 e. The monoisotopic (exact) mass is 334 g/mol. The summed E-state index contributed by atoms with van der Waals surface area (Å²) in [5, 5.41) is 0.608. The van der Waals surface area contributed by atoms with Crippen molar-refractivity contribution < 1.29 is 9.18 Å². The molecule has 1 aliphatic rings. The third-order valence-corrected chi connectivity index (χ3v) is 4.29. The van der Waals surface area contributed by atoms with Crippen LogP contribution in [-0.2, 0) is 0 Å². The van der Waals surface area contributed by atoms with Gasteiger partial charge in [0.25, 0.3) is 0 Å². The molecule has 1 fully saturated rings. The molecule has 3 N–H and O–H groups in total. The Morgan fingerprint density at radius 2 is 2.08 bits per heavy atom. The molecule has 0 unspecified atom stereocenters. The molecule has 0 aliphatic heterocycles. The van der Waals surface area contributed by atoms with Crippen LogP contribution in [0.25, 0.3) is 11.0 Å². The molecular weight excluding hydrogens is 319 g/mol. The van der Waals surface area contributed by atoms with Gasteiger partial charge < -0.3 is 10.7 Å². The molecule has 6 heteroatoms. The first-order valence-corrected chi connectivity index (χ1v) is 8.04. The zero-order valence-electron chi connectivity index (χ0n) is 13.3. The summed E-state index contributed by atoms with van der Waals surface area (Å²) in [6, 6.07) is 4.32. The van der Waals surface area contributed by atoms with Crippen LogP contribution in [-0.4, -0.2) is 20.7 Å². The third-order valence-electron chi connectivity index (χ3n) is 4.29. The molecule has 0 atom stereocenters. The van der Waals surface area contributed by atoms with Gasteiger partial charge in [-0.3, -0.25) is 4.79 Å². The zero-order valence-corrected chi connectivity index (χ0v) is 13.3. The van der Waals surface area contributed by atoms with E-state index in [9.17, 15) is 9.18 Å². The van der Waals surface area contributed by atoms with Crippen LogP contribution in [0.3, 0.4) is 0 Å². The number of nitrogens with one attached hydrogen (secondary N) is 1. The summed E-state index contributed by atoms with van der Waals surface area (Å²) in [5.74, 6) is 6.06. The second-order valence-corrected chi connectivity index (χ2v) is 6.20. The lowest BCUT2D eigenvalue weighted by Crippen LogP contribution is -2.01. The summed E-state index contributed by atoms with van der Waals surface area (Å²) in [6.07, 6.45) is 5.74. The van der Waals surface area contributed by atoms with Crippen molar-refractivity contribution in [2.24, 2.45) is 5.92 Å². The number of carbonyl (C=O) groups is 1. The highest BCUT2D eigenvalue weighted by Gasteiger charge is 2.25. The van der Waals surface area contributed by atoms with Crippen LogP contribution in [0.15, 0.2) is 30.7 Å². The number of nitrogen functional groups attached to an aromatic ring is 1. The zero-order chi connectivity index (χ0) is 17.4. The minimum absolute atomic E-state index is 0.0373. The molecule has 1 aliphatic carbocycles. The lowest BCUT2D eigenvalue weighted by Gasteiger charge is -2.01. The van der Waals surface area contributed by atoms with Crippen LogP contribution < -0.4 is 5.73 Å². The van der Waals surface area contributed by atoms with Crippen LogP contribution >= 0.6 is 0 Å². The molecule has 0 spiro atoms. The van der Waals surface area contributed by atoms with E-state index in [1.165, 1.54) is 24.5 Å². The van der Waals surface area contributed by atoms with Crippen molar-refractivity contribution in [1.29, 1.82) is 0 Å². The van der Waals surface area contributed by atoms with Crippen molar-refractivity contribution in [3.63, 3.8) is 0 Å². The Morgan fingerprint density at radius 1 is 1.28 bits per heavy atom. The second kappa shape index (κ2) is 6.02. The van der Waals surface area contributed by atoms with Gasteiger partial charge in [0, 0.05) is 18.2 Å². The predicted octanol–water partition coefficient (Wildman–Crippen LogP) is 3.06. The standard InChI is InChI=1S/C19H15FN4O/c20-15-6-5-13(16(25)7-11-1-2-11)8-12(15)3-4-14-9-22-19-17(14)18(21)23-10-24-19/h5-6,8-11H,1-2,7H2,(H3,21,22,23,24). The Hall–Kier alpha value is -3.20. The number of halogens is 1. The van der Waals surface area contributed by atoms with E-state index in [1.54, 1.807) is 6.20 Å². The number of rotatable bonds is 3. The number of nitrogens with two attached hydrogens (primary N) is 1. The smallest absolute Gasteiger partial charge is 0.163 e. The summed E-state index contributed by atoms with van der Waals surface area (Å²) in [7, 11) is 0. The van der Waals surface area contributed by atoms with Gasteiger partial charge in [-0.05, 0) is 37.0 Å². The van der Waals surface area contributed by atoms with Crippen LogP contribution in [0.1, 0.15) is 40.7 Å². The topological polar surface area (TPSA) is 84.7 Å². The van der Waals surface area contributed by atoms with Crippen molar-refractivity contribution in [3.05, 3.63) is 53.2 Å². The number of fused-ring (bicyclic) bond motifs is 1. The molecule has 1 aromatic carbocycles. The maximum absolute atomic E-state index is 14.1. The SMILES string of the molecule is Nc1ncnc2[nH]cc(C#Cc3cc(C(=O)CC4CC4)ccc3F)c12. The molecular formula is C19H15FN4O. The van der Waals surface area contributed by atoms with E-state index in [4.69, 9.17) is 5.73 Å². The maximum Gasteiger partial charge on any atom is 0.163 e. The van der Waals surface area contributed by atoms with Gasteiger partial charge in [-0.25, -0.2) is 14.4 Å². The number of nitrogens with zero attached hydrogens (tertiary/aromatic N) is 2. The third kappa shape index (κ3) is 3.09. The number of Topliss-reactive ketones (excluding diaryl/α,β-unsaturated/α-hetero) is 1. The maximum atomic E-state index is 14.1. The first-order chi connectivity index (χ1) is 12.1. The van der Waals surface area contributed by atoms with E-state index in [2.05, 4.69) is 26.8 Å². The molecule has 25 heavy (non-hydrogen) atoms. The number of ketones is 1. The van der Waals surface area contributed by atoms with Crippen molar-refractivity contribution in [2.45, 2.75) is 19.3 Å². The second-order valence-electron chi connectivity index (χ2n) is 6.20. The van der Waals surface area contributed by atoms with Crippen LogP contribution in [0.4, 0.5) is 10.2 Å². The van der Waals surface area contributed by atoms with Gasteiger partial charge in [-0.1, -0.05) is 11.8 Å². The molecule has 0 radical (unpaired) electrons. The molecule has 1 saturated carbocycles. The van der Waals surface area contributed by atoms with Crippen molar-refractivity contribution in [3.8, 4) is 11.8 Å². The Bertz CT molecular complexity index is 1040. The molecule has 124 valence electrons. The summed E-state index contributed by atoms with van der Waals surface area (Å²) in [6.45, 7) is 0. The van der Waals surface area contributed by atoms with E-state index in [1.807, 2.05) is 0 Å². The van der Waals surface area contributed by atoms with E-state index in [0.717, 1.165) is 12.8 Å². The van der Waals surface area contributed by atoms with Gasteiger partial charge in [-0.15, -0.1) is 0 Å². The number of aromatic nitrogens is 3. The fourth-order valence-electron chi connectivity index (χ4n) is 2.72. The molecule has 0 saturated heterocycles. The fourth-order valence-corrected chi connectivity index (χ4v) is 2.72. The van der Waals surface area contributed by atoms with Crippen LogP contribution in [0, 0.1) is 23.6 Å². The number of hydrogen-bond donors (Lipinski definition) is 2. The van der Waals surface area contributed by atoms with E-state index in [0.29, 0.717) is 40.3 Å². The van der Waals surface area contributed by atoms with Crippen LogP contribution in [0.5, 0.6) is 0 Å². The van der Waals surface area contributed by atoms with Crippen molar-refractivity contribution in [1.82, 2.24) is 15.0 Å². The number of hydrogen-bond acceptors (Lipinski definition) is 4. The van der Waals surface area contributed by atoms with Gasteiger partial charge in [-0.2, -0.15) is 0 Å². The van der Waals surface area contributed by atoms with Gasteiger partial charge in [0.2, 0.25) is 0 Å². The summed E-state index contributed by atoms with van der Waals surface area (Å²) >= 11 is 0.